The number of benzene rings is 2. The van der Waals surface area contributed by atoms with Crippen LogP contribution in [0.15, 0.2) is 30.3 Å². The molecule has 0 spiro atoms. The van der Waals surface area contributed by atoms with E-state index in [1.165, 1.54) is 12.1 Å². The number of ether oxygens (including phenoxy) is 1. The molecule has 1 N–H and O–H groups in total. The highest BCUT2D eigenvalue weighted by molar-refractivity contribution is 6.03. The highest BCUT2D eigenvalue weighted by Crippen LogP contribution is 2.35. The number of aryl methyl sites for hydroxylation is 1. The van der Waals surface area contributed by atoms with Gasteiger partial charge in [-0.05, 0) is 43.2 Å². The van der Waals surface area contributed by atoms with Crippen molar-refractivity contribution in [1.82, 2.24) is 4.90 Å². The maximum Gasteiger partial charge on any atom is 0.255 e. The predicted molar refractivity (Wildman–Crippen MR) is 125 cm³/mol. The lowest BCUT2D eigenvalue weighted by Crippen LogP contribution is -2.47. The Morgan fingerprint density at radius 1 is 1.13 bits per heavy atom. The van der Waals surface area contributed by atoms with Crippen molar-refractivity contribution >= 4 is 23.0 Å². The number of hydrogen-bond acceptors (Lipinski definition) is 5. The molecule has 1 saturated heterocycles. The molecular weight excluding hydrogens is 395 g/mol. The molecule has 0 bridgehead atoms. The van der Waals surface area contributed by atoms with Crippen LogP contribution in [-0.2, 0) is 0 Å². The van der Waals surface area contributed by atoms with Gasteiger partial charge in [0.1, 0.15) is 11.6 Å². The minimum absolute atomic E-state index is 0.00697. The van der Waals surface area contributed by atoms with Gasteiger partial charge in [-0.2, -0.15) is 0 Å². The van der Waals surface area contributed by atoms with Crippen molar-refractivity contribution in [3.8, 4) is 5.75 Å². The van der Waals surface area contributed by atoms with E-state index in [9.17, 15) is 9.18 Å². The van der Waals surface area contributed by atoms with E-state index in [-0.39, 0.29) is 11.7 Å². The standard InChI is InChI=1S/C24H33FN4O2/c1-6-9-26-20-15-17(2)14-19(24(30)27(3)4)23(20)29-12-10-28(11-13-29)21-16-18(25)7-8-22(21)31-5/h7-8,14-16,26H,6,9-13H2,1-5H3. The molecule has 1 fully saturated rings. The molecule has 1 heterocycles. The molecule has 0 aromatic heterocycles. The Bertz CT molecular complexity index is 924. The number of piperazine rings is 1. The van der Waals surface area contributed by atoms with Crippen molar-refractivity contribution in [1.29, 1.82) is 0 Å². The summed E-state index contributed by atoms with van der Waals surface area (Å²) < 4.78 is 19.3. The number of carbonyl (C=O) groups excluding carboxylic acids is 1. The molecule has 3 rings (SSSR count). The van der Waals surface area contributed by atoms with Crippen LogP contribution in [0.1, 0.15) is 29.3 Å². The van der Waals surface area contributed by atoms with E-state index in [4.69, 9.17) is 4.74 Å². The summed E-state index contributed by atoms with van der Waals surface area (Å²) in [5.41, 5.74) is 4.46. The van der Waals surface area contributed by atoms with E-state index in [0.717, 1.165) is 48.7 Å². The SMILES string of the molecule is CCCNc1cc(C)cc(C(=O)N(C)C)c1N1CCN(c2cc(F)ccc2OC)CC1. The summed E-state index contributed by atoms with van der Waals surface area (Å²) in [6, 6.07) is 8.68. The lowest BCUT2D eigenvalue weighted by atomic mass is 10.0. The van der Waals surface area contributed by atoms with Crippen LogP contribution in [0.4, 0.5) is 21.5 Å². The maximum atomic E-state index is 13.9. The van der Waals surface area contributed by atoms with Crippen LogP contribution in [0, 0.1) is 12.7 Å². The summed E-state index contributed by atoms with van der Waals surface area (Å²) in [6.07, 6.45) is 0.998. The molecule has 1 aliphatic rings. The molecule has 1 amide bonds. The molecule has 2 aromatic rings. The third kappa shape index (κ3) is 5.03. The van der Waals surface area contributed by atoms with Gasteiger partial charge in [-0.1, -0.05) is 6.92 Å². The first-order valence-corrected chi connectivity index (χ1v) is 10.8. The van der Waals surface area contributed by atoms with E-state index in [1.807, 2.05) is 13.0 Å². The van der Waals surface area contributed by atoms with E-state index < -0.39 is 0 Å². The number of nitrogens with zero attached hydrogens (tertiary/aromatic N) is 3. The number of hydrogen-bond donors (Lipinski definition) is 1. The average Bonchev–Trinajstić information content (AvgIpc) is 2.76. The molecule has 6 nitrogen and oxygen atoms in total. The quantitative estimate of drug-likeness (QED) is 0.723. The second kappa shape index (κ2) is 9.90. The monoisotopic (exact) mass is 428 g/mol. The van der Waals surface area contributed by atoms with Crippen LogP contribution < -0.4 is 19.9 Å². The van der Waals surface area contributed by atoms with Gasteiger partial charge in [0.25, 0.3) is 5.91 Å². The highest BCUT2D eigenvalue weighted by atomic mass is 19.1. The Hall–Kier alpha value is -2.96. The van der Waals surface area contributed by atoms with Crippen molar-refractivity contribution in [2.75, 3.05) is 69.0 Å². The average molecular weight is 429 g/mol. The minimum atomic E-state index is -0.276. The van der Waals surface area contributed by atoms with Gasteiger partial charge in [0.05, 0.1) is 29.7 Å². The van der Waals surface area contributed by atoms with Gasteiger partial charge in [0.15, 0.2) is 0 Å². The third-order valence-electron chi connectivity index (χ3n) is 5.53. The molecule has 0 aliphatic carbocycles. The number of amides is 1. The second-order valence-corrected chi connectivity index (χ2v) is 8.13. The summed E-state index contributed by atoms with van der Waals surface area (Å²) >= 11 is 0. The Morgan fingerprint density at radius 3 is 2.42 bits per heavy atom. The minimum Gasteiger partial charge on any atom is -0.495 e. The van der Waals surface area contributed by atoms with Gasteiger partial charge >= 0.3 is 0 Å². The number of methoxy groups -OCH3 is 1. The van der Waals surface area contributed by atoms with Crippen LogP contribution in [0.2, 0.25) is 0 Å². The van der Waals surface area contributed by atoms with Gasteiger partial charge in [-0.25, -0.2) is 4.39 Å². The summed E-state index contributed by atoms with van der Waals surface area (Å²) in [5, 5.41) is 3.51. The maximum absolute atomic E-state index is 13.9. The van der Waals surface area contributed by atoms with Crippen molar-refractivity contribution < 1.29 is 13.9 Å². The topological polar surface area (TPSA) is 48.1 Å². The smallest absolute Gasteiger partial charge is 0.255 e. The van der Waals surface area contributed by atoms with Crippen LogP contribution in [0.5, 0.6) is 5.75 Å². The first kappa shape index (κ1) is 22.7. The molecule has 0 unspecified atom stereocenters. The summed E-state index contributed by atoms with van der Waals surface area (Å²) in [6.45, 7) is 7.83. The highest BCUT2D eigenvalue weighted by Gasteiger charge is 2.26. The van der Waals surface area contributed by atoms with Crippen molar-refractivity contribution in [3.63, 3.8) is 0 Å². The largest absolute Gasteiger partial charge is 0.495 e. The number of rotatable bonds is 7. The number of anilines is 3. The molecule has 31 heavy (non-hydrogen) atoms. The Kier molecular flexibility index (Phi) is 7.25. The second-order valence-electron chi connectivity index (χ2n) is 8.13. The number of nitrogens with one attached hydrogen (secondary N) is 1. The van der Waals surface area contributed by atoms with E-state index in [2.05, 4.69) is 28.1 Å². The van der Waals surface area contributed by atoms with E-state index in [0.29, 0.717) is 24.4 Å². The Labute approximate surface area is 184 Å². The molecule has 7 heteroatoms. The summed E-state index contributed by atoms with van der Waals surface area (Å²) in [4.78, 5) is 19.0. The van der Waals surface area contributed by atoms with Crippen molar-refractivity contribution in [2.24, 2.45) is 0 Å². The Morgan fingerprint density at radius 2 is 1.81 bits per heavy atom. The van der Waals surface area contributed by atoms with Crippen LogP contribution in [0.25, 0.3) is 0 Å². The molecular formula is C24H33FN4O2. The van der Waals surface area contributed by atoms with Crippen LogP contribution in [-0.4, -0.2) is 64.7 Å². The number of halogens is 1. The molecule has 1 aliphatic heterocycles. The van der Waals surface area contributed by atoms with Crippen LogP contribution in [0.3, 0.4) is 0 Å². The zero-order valence-corrected chi connectivity index (χ0v) is 19.2. The van der Waals surface area contributed by atoms with E-state index in [1.54, 1.807) is 32.2 Å². The van der Waals surface area contributed by atoms with Crippen LogP contribution >= 0.6 is 0 Å². The fraction of sp³-hybridized carbons (Fsp3) is 0.458. The molecule has 0 saturated carbocycles. The third-order valence-corrected chi connectivity index (χ3v) is 5.53. The summed E-state index contributed by atoms with van der Waals surface area (Å²) in [5.74, 6) is 0.383. The normalized spacial score (nSPS) is 13.9. The first-order valence-electron chi connectivity index (χ1n) is 10.8. The van der Waals surface area contributed by atoms with Crippen molar-refractivity contribution in [3.05, 3.63) is 47.3 Å². The molecule has 0 atom stereocenters. The predicted octanol–water partition coefficient (Wildman–Crippen LogP) is 3.99. The van der Waals surface area contributed by atoms with Gasteiger partial charge in [0, 0.05) is 52.9 Å². The van der Waals surface area contributed by atoms with Crippen molar-refractivity contribution in [2.45, 2.75) is 20.3 Å². The number of carbonyl (C=O) groups is 1. The zero-order chi connectivity index (χ0) is 22.5. The lowest BCUT2D eigenvalue weighted by molar-refractivity contribution is 0.0828. The van der Waals surface area contributed by atoms with E-state index >= 15 is 0 Å². The zero-order valence-electron chi connectivity index (χ0n) is 19.2. The molecule has 168 valence electrons. The lowest BCUT2D eigenvalue weighted by Gasteiger charge is -2.39. The van der Waals surface area contributed by atoms with Gasteiger partial charge in [-0.15, -0.1) is 0 Å². The fourth-order valence-corrected chi connectivity index (χ4v) is 4.00. The Balaban J connectivity index is 1.91. The van der Waals surface area contributed by atoms with Gasteiger partial charge < -0.3 is 24.8 Å². The molecule has 0 radical (unpaired) electrons. The summed E-state index contributed by atoms with van der Waals surface area (Å²) in [7, 11) is 5.16. The fourth-order valence-electron chi connectivity index (χ4n) is 4.00. The van der Waals surface area contributed by atoms with Gasteiger partial charge in [0.2, 0.25) is 0 Å². The van der Waals surface area contributed by atoms with Gasteiger partial charge in [-0.3, -0.25) is 4.79 Å². The first-order chi connectivity index (χ1) is 14.8. The molecule has 2 aromatic carbocycles.